The van der Waals surface area contributed by atoms with Crippen molar-refractivity contribution in [3.63, 3.8) is 0 Å². The molecule has 0 spiro atoms. The second-order valence-electron chi connectivity index (χ2n) is 9.31. The fourth-order valence-electron chi connectivity index (χ4n) is 4.58. The summed E-state index contributed by atoms with van der Waals surface area (Å²) in [5.74, 6) is 0.817. The zero-order valence-corrected chi connectivity index (χ0v) is 20.2. The van der Waals surface area contributed by atoms with Gasteiger partial charge in [0.25, 0.3) is 0 Å². The van der Waals surface area contributed by atoms with Gasteiger partial charge >= 0.3 is 0 Å². The van der Waals surface area contributed by atoms with Crippen LogP contribution in [-0.4, -0.2) is 53.5 Å². The van der Waals surface area contributed by atoms with Crippen molar-refractivity contribution < 1.29 is 15.8 Å². The van der Waals surface area contributed by atoms with E-state index in [2.05, 4.69) is 10.3 Å². The number of carbonyl (C=O) groups is 2. The Hall–Kier alpha value is -1.47. The fraction of sp³-hybridized carbons (Fsp3) is 0.792. The van der Waals surface area contributed by atoms with Gasteiger partial charge in [0.2, 0.25) is 11.8 Å². The van der Waals surface area contributed by atoms with Crippen LogP contribution in [0.4, 0.5) is 0 Å². The molecule has 2 heterocycles. The lowest BCUT2D eigenvalue weighted by atomic mass is 9.90. The second kappa shape index (κ2) is 12.0. The van der Waals surface area contributed by atoms with E-state index in [1.807, 2.05) is 37.2 Å². The van der Waals surface area contributed by atoms with E-state index in [1.165, 1.54) is 32.1 Å². The molecule has 2 aliphatic rings. The molecule has 6 nitrogen and oxygen atoms in total. The molecule has 7 heteroatoms. The van der Waals surface area contributed by atoms with Crippen molar-refractivity contribution in [3.8, 4) is 0 Å². The summed E-state index contributed by atoms with van der Waals surface area (Å²) in [6.07, 6.45) is 10.4. The highest BCUT2D eigenvalue weighted by molar-refractivity contribution is 7.09. The average Bonchev–Trinajstić information content (AvgIpc) is 3.35. The molecule has 1 aliphatic carbocycles. The molecule has 0 radical (unpaired) electrons. The summed E-state index contributed by atoms with van der Waals surface area (Å²) in [6.45, 7) is 7.92. The maximum absolute atomic E-state index is 13.4. The van der Waals surface area contributed by atoms with Crippen molar-refractivity contribution >= 4 is 23.2 Å². The Morgan fingerprint density at radius 2 is 1.94 bits per heavy atom. The average molecular weight is 452 g/mol. The molecule has 2 amide bonds. The molecule has 1 aromatic rings. The van der Waals surface area contributed by atoms with Crippen LogP contribution in [0.25, 0.3) is 0 Å². The van der Waals surface area contributed by atoms with Crippen LogP contribution in [0.5, 0.6) is 0 Å². The SMILES string of the molecule is CCC(C)C(=O)N[C@H](C(=O)N1CCC(c2nccs2)CC1)[C@@H](C)OCC1CCCCC1.[HH]. The number of aromatic nitrogens is 1. The highest BCUT2D eigenvalue weighted by Crippen LogP contribution is 2.30. The first-order valence-electron chi connectivity index (χ1n) is 12.1. The molecule has 2 fully saturated rings. The molecular formula is C24H41N3O3S. The quantitative estimate of drug-likeness (QED) is 0.595. The second-order valence-corrected chi connectivity index (χ2v) is 10.2. The number of ether oxygens (including phenoxy) is 1. The number of nitrogens with one attached hydrogen (secondary N) is 1. The monoisotopic (exact) mass is 451 g/mol. The third-order valence-corrected chi connectivity index (χ3v) is 7.96. The summed E-state index contributed by atoms with van der Waals surface area (Å²) in [6, 6.07) is -0.624. The van der Waals surface area contributed by atoms with Crippen LogP contribution in [0.1, 0.15) is 84.5 Å². The zero-order chi connectivity index (χ0) is 22.2. The molecule has 31 heavy (non-hydrogen) atoms. The van der Waals surface area contributed by atoms with E-state index in [9.17, 15) is 9.59 Å². The van der Waals surface area contributed by atoms with Crippen LogP contribution >= 0.6 is 11.3 Å². The van der Waals surface area contributed by atoms with Crippen LogP contribution in [0, 0.1) is 11.8 Å². The van der Waals surface area contributed by atoms with E-state index < -0.39 is 6.04 Å². The van der Waals surface area contributed by atoms with Crippen molar-refractivity contribution in [2.75, 3.05) is 19.7 Å². The van der Waals surface area contributed by atoms with Gasteiger partial charge in [-0.3, -0.25) is 9.59 Å². The van der Waals surface area contributed by atoms with Gasteiger partial charge in [-0.05, 0) is 44.9 Å². The first kappa shape index (κ1) is 24.2. The third-order valence-electron chi connectivity index (χ3n) is 7.02. The van der Waals surface area contributed by atoms with Gasteiger partial charge < -0.3 is 15.0 Å². The molecular weight excluding hydrogens is 410 g/mol. The molecule has 0 aromatic carbocycles. The Morgan fingerprint density at radius 3 is 2.55 bits per heavy atom. The third kappa shape index (κ3) is 6.75. The number of piperidine rings is 1. The summed E-state index contributed by atoms with van der Waals surface area (Å²) in [5.41, 5.74) is 0. The van der Waals surface area contributed by atoms with Crippen LogP contribution in [-0.2, 0) is 14.3 Å². The molecule has 3 atom stereocenters. The van der Waals surface area contributed by atoms with Gasteiger partial charge in [0, 0.05) is 44.5 Å². The molecule has 0 bridgehead atoms. The fourth-order valence-corrected chi connectivity index (χ4v) is 5.39. The van der Waals surface area contributed by atoms with Crippen molar-refractivity contribution in [1.82, 2.24) is 15.2 Å². The molecule has 1 aliphatic heterocycles. The number of rotatable bonds is 9. The minimum absolute atomic E-state index is 0. The molecule has 3 rings (SSSR count). The molecule has 1 saturated carbocycles. The van der Waals surface area contributed by atoms with Gasteiger partial charge in [-0.15, -0.1) is 11.3 Å². The van der Waals surface area contributed by atoms with E-state index in [1.54, 1.807) is 11.3 Å². The summed E-state index contributed by atoms with van der Waals surface area (Å²) in [7, 11) is 0. The lowest BCUT2D eigenvalue weighted by Gasteiger charge is -2.36. The topological polar surface area (TPSA) is 71.5 Å². The normalized spacial score (nSPS) is 21.5. The number of amides is 2. The highest BCUT2D eigenvalue weighted by Gasteiger charge is 2.35. The van der Waals surface area contributed by atoms with Crippen LogP contribution in [0.15, 0.2) is 11.6 Å². The summed E-state index contributed by atoms with van der Waals surface area (Å²) in [5, 5.41) is 6.20. The molecule has 1 saturated heterocycles. The van der Waals surface area contributed by atoms with E-state index in [0.717, 1.165) is 24.3 Å². The number of hydrogen-bond donors (Lipinski definition) is 1. The molecule has 1 N–H and O–H groups in total. The molecule has 176 valence electrons. The van der Waals surface area contributed by atoms with Crippen LogP contribution in [0.3, 0.4) is 0 Å². The summed E-state index contributed by atoms with van der Waals surface area (Å²) >= 11 is 1.69. The maximum Gasteiger partial charge on any atom is 0.247 e. The van der Waals surface area contributed by atoms with Gasteiger partial charge in [0.1, 0.15) is 6.04 Å². The van der Waals surface area contributed by atoms with Gasteiger partial charge in [0.15, 0.2) is 0 Å². The molecule has 1 unspecified atom stereocenters. The molecule has 1 aromatic heterocycles. The lowest BCUT2D eigenvalue weighted by Crippen LogP contribution is -2.56. The van der Waals surface area contributed by atoms with Gasteiger partial charge in [-0.1, -0.05) is 33.1 Å². The number of nitrogens with zero attached hydrogens (tertiary/aromatic N) is 2. The standard InChI is InChI=1S/C24H39N3O3S.H2/c1-4-17(2)22(28)26-21(18(3)30-16-19-8-6-5-7-9-19)24(29)27-13-10-20(11-14-27)23-25-12-15-31-23;/h12,15,17-21H,4-11,13-14,16H2,1-3H3,(H,26,28);1H/t17?,18-,21+;/m1./s1. The van der Waals surface area contributed by atoms with Gasteiger partial charge in [-0.2, -0.15) is 0 Å². The van der Waals surface area contributed by atoms with E-state index in [-0.39, 0.29) is 25.3 Å². The van der Waals surface area contributed by atoms with E-state index in [0.29, 0.717) is 31.5 Å². The van der Waals surface area contributed by atoms with Gasteiger partial charge in [-0.25, -0.2) is 4.98 Å². The van der Waals surface area contributed by atoms with Crippen LogP contribution < -0.4 is 5.32 Å². The van der Waals surface area contributed by atoms with Crippen molar-refractivity contribution in [2.24, 2.45) is 11.8 Å². The van der Waals surface area contributed by atoms with Crippen molar-refractivity contribution in [3.05, 3.63) is 16.6 Å². The number of hydrogen-bond acceptors (Lipinski definition) is 5. The summed E-state index contributed by atoms with van der Waals surface area (Å²) in [4.78, 5) is 32.5. The van der Waals surface area contributed by atoms with Crippen molar-refractivity contribution in [1.29, 1.82) is 0 Å². The van der Waals surface area contributed by atoms with Crippen LogP contribution in [0.2, 0.25) is 0 Å². The highest BCUT2D eigenvalue weighted by atomic mass is 32.1. The zero-order valence-electron chi connectivity index (χ0n) is 19.3. The van der Waals surface area contributed by atoms with E-state index >= 15 is 0 Å². The van der Waals surface area contributed by atoms with Crippen molar-refractivity contribution in [2.45, 2.75) is 90.2 Å². The van der Waals surface area contributed by atoms with E-state index in [4.69, 9.17) is 4.74 Å². The first-order valence-corrected chi connectivity index (χ1v) is 13.0. The largest absolute Gasteiger partial charge is 0.376 e. The maximum atomic E-state index is 13.4. The number of likely N-dealkylation sites (tertiary alicyclic amines) is 1. The lowest BCUT2D eigenvalue weighted by molar-refractivity contribution is -0.143. The Bertz CT molecular complexity index is 689. The minimum atomic E-state index is -0.624. The Labute approximate surface area is 192 Å². The number of carbonyl (C=O) groups excluding carboxylic acids is 2. The summed E-state index contributed by atoms with van der Waals surface area (Å²) < 4.78 is 6.18. The van der Waals surface area contributed by atoms with Gasteiger partial charge in [0.05, 0.1) is 11.1 Å². The smallest absolute Gasteiger partial charge is 0.247 e. The Morgan fingerprint density at radius 1 is 1.23 bits per heavy atom. The number of thiazole rings is 1. The predicted molar refractivity (Wildman–Crippen MR) is 126 cm³/mol. The first-order chi connectivity index (χ1) is 15.0. The predicted octanol–water partition coefficient (Wildman–Crippen LogP) is 4.61. The minimum Gasteiger partial charge on any atom is -0.376 e. The Kier molecular flexibility index (Phi) is 9.32. The Balaban J connectivity index is 0.00000363.